The number of nitrogens with two attached hydrogens (primary N) is 1. The number of aryl methyl sites for hydroxylation is 1. The number of rotatable bonds is 3. The molecule has 0 saturated heterocycles. The van der Waals surface area contributed by atoms with Crippen molar-refractivity contribution in [2.45, 2.75) is 6.92 Å². The molecule has 3 nitrogen and oxygen atoms in total. The zero-order valence-corrected chi connectivity index (χ0v) is 11.9. The predicted molar refractivity (Wildman–Crippen MR) is 88.5 cm³/mol. The second-order valence-electron chi connectivity index (χ2n) is 4.94. The standard InChI is InChI=1S/C18H17N3/c1-13-17(19)11-12-18(20-13)21-16-9-7-15(8-10-16)14-5-3-2-4-6-14/h2-12H,19H2,1H3,(H,20,21). The van der Waals surface area contributed by atoms with E-state index in [2.05, 4.69) is 46.7 Å². The molecule has 0 aliphatic heterocycles. The summed E-state index contributed by atoms with van der Waals surface area (Å²) in [6, 6.07) is 22.4. The van der Waals surface area contributed by atoms with E-state index in [1.165, 1.54) is 11.1 Å². The molecule has 104 valence electrons. The van der Waals surface area contributed by atoms with E-state index in [4.69, 9.17) is 5.73 Å². The van der Waals surface area contributed by atoms with Crippen LogP contribution in [0.3, 0.4) is 0 Å². The number of nitrogens with zero attached hydrogens (tertiary/aromatic N) is 1. The van der Waals surface area contributed by atoms with Gasteiger partial charge in [-0.3, -0.25) is 0 Å². The monoisotopic (exact) mass is 275 g/mol. The molecule has 3 N–H and O–H groups in total. The first-order valence-electron chi connectivity index (χ1n) is 6.88. The molecule has 3 heteroatoms. The van der Waals surface area contributed by atoms with Crippen molar-refractivity contribution in [3.05, 3.63) is 72.4 Å². The van der Waals surface area contributed by atoms with Crippen LogP contribution in [0.5, 0.6) is 0 Å². The summed E-state index contributed by atoms with van der Waals surface area (Å²) in [5.41, 5.74) is 10.7. The van der Waals surface area contributed by atoms with Crippen molar-refractivity contribution in [3.8, 4) is 11.1 Å². The Morgan fingerprint density at radius 3 is 2.14 bits per heavy atom. The molecule has 0 aliphatic rings. The summed E-state index contributed by atoms with van der Waals surface area (Å²) in [6.45, 7) is 1.90. The van der Waals surface area contributed by atoms with Gasteiger partial charge >= 0.3 is 0 Å². The number of nitrogens with one attached hydrogen (secondary N) is 1. The molecule has 0 unspecified atom stereocenters. The SMILES string of the molecule is Cc1nc(Nc2ccc(-c3ccccc3)cc2)ccc1N. The van der Waals surface area contributed by atoms with Crippen molar-refractivity contribution in [3.63, 3.8) is 0 Å². The number of aromatic nitrogens is 1. The van der Waals surface area contributed by atoms with E-state index in [0.29, 0.717) is 5.69 Å². The molecule has 1 aromatic heterocycles. The smallest absolute Gasteiger partial charge is 0.130 e. The van der Waals surface area contributed by atoms with Crippen LogP contribution in [-0.4, -0.2) is 4.98 Å². The van der Waals surface area contributed by atoms with Crippen LogP contribution in [0, 0.1) is 6.92 Å². The van der Waals surface area contributed by atoms with Gasteiger partial charge in [0, 0.05) is 5.69 Å². The summed E-state index contributed by atoms with van der Waals surface area (Å²) < 4.78 is 0. The highest BCUT2D eigenvalue weighted by Crippen LogP contribution is 2.23. The highest BCUT2D eigenvalue weighted by atomic mass is 15.0. The fourth-order valence-corrected chi connectivity index (χ4v) is 2.17. The largest absolute Gasteiger partial charge is 0.397 e. The number of hydrogen-bond donors (Lipinski definition) is 2. The first-order chi connectivity index (χ1) is 10.2. The maximum Gasteiger partial charge on any atom is 0.130 e. The van der Waals surface area contributed by atoms with Crippen molar-refractivity contribution >= 4 is 17.2 Å². The Morgan fingerprint density at radius 2 is 1.48 bits per heavy atom. The summed E-state index contributed by atoms with van der Waals surface area (Å²) in [5.74, 6) is 0.800. The fourth-order valence-electron chi connectivity index (χ4n) is 2.17. The molecule has 0 radical (unpaired) electrons. The number of nitrogen functional groups attached to an aromatic ring is 1. The normalized spacial score (nSPS) is 10.3. The van der Waals surface area contributed by atoms with Gasteiger partial charge in [0.25, 0.3) is 0 Å². The molecule has 0 spiro atoms. The first-order valence-corrected chi connectivity index (χ1v) is 6.88. The highest BCUT2D eigenvalue weighted by Gasteiger charge is 2.01. The van der Waals surface area contributed by atoms with E-state index in [1.54, 1.807) is 0 Å². The number of pyridine rings is 1. The van der Waals surface area contributed by atoms with Crippen LogP contribution in [0.4, 0.5) is 17.2 Å². The van der Waals surface area contributed by atoms with E-state index < -0.39 is 0 Å². The van der Waals surface area contributed by atoms with Crippen LogP contribution in [0.15, 0.2) is 66.7 Å². The molecule has 3 aromatic rings. The summed E-state index contributed by atoms with van der Waals surface area (Å²) in [5, 5.41) is 3.28. The molecule has 0 aliphatic carbocycles. The van der Waals surface area contributed by atoms with Crippen LogP contribution in [-0.2, 0) is 0 Å². The van der Waals surface area contributed by atoms with Gasteiger partial charge in [0.05, 0.1) is 11.4 Å². The third-order valence-electron chi connectivity index (χ3n) is 3.39. The lowest BCUT2D eigenvalue weighted by atomic mass is 10.1. The molecule has 2 aromatic carbocycles. The lowest BCUT2D eigenvalue weighted by Gasteiger charge is -2.08. The average Bonchev–Trinajstić information content (AvgIpc) is 2.53. The van der Waals surface area contributed by atoms with Gasteiger partial charge in [0.1, 0.15) is 5.82 Å². The Labute approximate surface area is 124 Å². The second-order valence-corrected chi connectivity index (χ2v) is 4.94. The van der Waals surface area contributed by atoms with E-state index >= 15 is 0 Å². The molecular formula is C18H17N3. The molecule has 3 rings (SSSR count). The summed E-state index contributed by atoms with van der Waals surface area (Å²) >= 11 is 0. The van der Waals surface area contributed by atoms with Crippen molar-refractivity contribution in [2.75, 3.05) is 11.1 Å². The lowest BCUT2D eigenvalue weighted by Crippen LogP contribution is -1.98. The van der Waals surface area contributed by atoms with Gasteiger partial charge in [-0.15, -0.1) is 0 Å². The minimum atomic E-state index is 0.708. The molecule has 0 saturated carbocycles. The minimum Gasteiger partial charge on any atom is -0.397 e. The van der Waals surface area contributed by atoms with E-state index in [-0.39, 0.29) is 0 Å². The van der Waals surface area contributed by atoms with Crippen molar-refractivity contribution in [2.24, 2.45) is 0 Å². The molecule has 1 heterocycles. The Balaban J connectivity index is 1.80. The zero-order chi connectivity index (χ0) is 14.7. The summed E-state index contributed by atoms with van der Waals surface area (Å²) in [7, 11) is 0. The second kappa shape index (κ2) is 5.67. The lowest BCUT2D eigenvalue weighted by molar-refractivity contribution is 1.20. The van der Waals surface area contributed by atoms with Gasteiger partial charge in [0.2, 0.25) is 0 Å². The van der Waals surface area contributed by atoms with Gasteiger partial charge in [-0.25, -0.2) is 4.98 Å². The third kappa shape index (κ3) is 3.03. The van der Waals surface area contributed by atoms with Crippen molar-refractivity contribution < 1.29 is 0 Å². The maximum atomic E-state index is 5.78. The zero-order valence-electron chi connectivity index (χ0n) is 11.9. The summed E-state index contributed by atoms with van der Waals surface area (Å²) in [6.07, 6.45) is 0. The molecule has 0 amide bonds. The average molecular weight is 275 g/mol. The number of hydrogen-bond acceptors (Lipinski definition) is 3. The van der Waals surface area contributed by atoms with Crippen LogP contribution >= 0.6 is 0 Å². The third-order valence-corrected chi connectivity index (χ3v) is 3.39. The maximum absolute atomic E-state index is 5.78. The molecule has 21 heavy (non-hydrogen) atoms. The Hall–Kier alpha value is -2.81. The van der Waals surface area contributed by atoms with Crippen LogP contribution in [0.25, 0.3) is 11.1 Å². The molecule has 0 bridgehead atoms. The predicted octanol–water partition coefficient (Wildman–Crippen LogP) is 4.38. The molecular weight excluding hydrogens is 258 g/mol. The topological polar surface area (TPSA) is 50.9 Å². The highest BCUT2D eigenvalue weighted by molar-refractivity contribution is 5.67. The number of anilines is 3. The fraction of sp³-hybridized carbons (Fsp3) is 0.0556. The Bertz CT molecular complexity index is 734. The van der Waals surface area contributed by atoms with Gasteiger partial charge in [0.15, 0.2) is 0 Å². The van der Waals surface area contributed by atoms with Crippen LogP contribution < -0.4 is 11.1 Å². The van der Waals surface area contributed by atoms with Crippen molar-refractivity contribution in [1.82, 2.24) is 4.98 Å². The van der Waals surface area contributed by atoms with Gasteiger partial charge in [-0.2, -0.15) is 0 Å². The van der Waals surface area contributed by atoms with Crippen molar-refractivity contribution in [1.29, 1.82) is 0 Å². The Kier molecular flexibility index (Phi) is 3.56. The van der Waals surface area contributed by atoms with Gasteiger partial charge in [-0.05, 0) is 42.3 Å². The van der Waals surface area contributed by atoms with Crippen LogP contribution in [0.2, 0.25) is 0 Å². The van der Waals surface area contributed by atoms with E-state index in [1.807, 2.05) is 37.3 Å². The minimum absolute atomic E-state index is 0.708. The molecule has 0 fully saturated rings. The van der Waals surface area contributed by atoms with E-state index in [9.17, 15) is 0 Å². The molecule has 0 atom stereocenters. The Morgan fingerprint density at radius 1 is 0.810 bits per heavy atom. The number of benzene rings is 2. The van der Waals surface area contributed by atoms with Crippen LogP contribution in [0.1, 0.15) is 5.69 Å². The van der Waals surface area contributed by atoms with Gasteiger partial charge < -0.3 is 11.1 Å². The van der Waals surface area contributed by atoms with E-state index in [0.717, 1.165) is 17.2 Å². The quantitative estimate of drug-likeness (QED) is 0.745. The summed E-state index contributed by atoms with van der Waals surface area (Å²) in [4.78, 5) is 4.41. The first kappa shape index (κ1) is 13.2. The van der Waals surface area contributed by atoms with Gasteiger partial charge in [-0.1, -0.05) is 42.5 Å².